The molecule has 0 saturated heterocycles. The van der Waals surface area contributed by atoms with Crippen molar-refractivity contribution in [3.05, 3.63) is 0 Å². The summed E-state index contributed by atoms with van der Waals surface area (Å²) in [5.74, 6) is -0.262. The van der Waals surface area contributed by atoms with E-state index in [1.54, 1.807) is 0 Å². The van der Waals surface area contributed by atoms with E-state index in [9.17, 15) is 9.59 Å². The van der Waals surface area contributed by atoms with Gasteiger partial charge in [-0.25, -0.2) is 0 Å². The molecular weight excluding hydrogens is 568 g/mol. The first kappa shape index (κ1) is 43.8. The molecule has 268 valence electrons. The van der Waals surface area contributed by atoms with Gasteiger partial charge in [-0.3, -0.25) is 9.59 Å². The second-order valence-corrected chi connectivity index (χ2v) is 12.6. The Labute approximate surface area is 278 Å². The molecule has 0 aliphatic carbocycles. The normalized spacial score (nSPS) is 11.2. The highest BCUT2D eigenvalue weighted by molar-refractivity contribution is 5.69. The van der Waals surface area contributed by atoms with E-state index in [4.69, 9.17) is 23.7 Å². The van der Waals surface area contributed by atoms with Gasteiger partial charge in [0.15, 0.2) is 0 Å². The summed E-state index contributed by atoms with van der Waals surface area (Å²) in [5, 5.41) is 0. The Kier molecular flexibility index (Phi) is 38.0. The van der Waals surface area contributed by atoms with E-state index in [-0.39, 0.29) is 18.5 Å². The Morgan fingerprint density at radius 2 is 0.533 bits per heavy atom. The van der Waals surface area contributed by atoms with Crippen LogP contribution >= 0.6 is 0 Å². The van der Waals surface area contributed by atoms with Gasteiger partial charge in [0.05, 0.1) is 39.6 Å². The summed E-state index contributed by atoms with van der Waals surface area (Å²) in [6.45, 7) is 7.69. The van der Waals surface area contributed by atoms with E-state index in [0.29, 0.717) is 59.1 Å². The minimum absolute atomic E-state index is 0.129. The van der Waals surface area contributed by atoms with Gasteiger partial charge in [0.2, 0.25) is 0 Å². The van der Waals surface area contributed by atoms with Crippen molar-refractivity contribution in [3.8, 4) is 0 Å². The maximum atomic E-state index is 11.9. The number of hydrogen-bond donors (Lipinski definition) is 0. The van der Waals surface area contributed by atoms with E-state index in [0.717, 1.165) is 25.7 Å². The lowest BCUT2D eigenvalue weighted by Gasteiger charge is -2.08. The van der Waals surface area contributed by atoms with E-state index in [2.05, 4.69) is 13.8 Å². The van der Waals surface area contributed by atoms with E-state index in [1.807, 2.05) is 0 Å². The molecule has 0 radical (unpaired) electrons. The molecule has 0 atom stereocenters. The second-order valence-electron chi connectivity index (χ2n) is 12.6. The van der Waals surface area contributed by atoms with Crippen LogP contribution in [0.3, 0.4) is 0 Å². The largest absolute Gasteiger partial charge is 0.463 e. The predicted molar refractivity (Wildman–Crippen MR) is 186 cm³/mol. The lowest BCUT2D eigenvalue weighted by molar-refractivity contribution is -0.146. The Hall–Kier alpha value is -1.18. The molecule has 0 aliphatic heterocycles. The first-order chi connectivity index (χ1) is 22.2. The maximum Gasteiger partial charge on any atom is 0.305 e. The molecule has 0 aromatic carbocycles. The quantitative estimate of drug-likeness (QED) is 0.0490. The fourth-order valence-corrected chi connectivity index (χ4v) is 5.34. The average molecular weight is 643 g/mol. The average Bonchev–Trinajstić information content (AvgIpc) is 3.04. The van der Waals surface area contributed by atoms with Crippen molar-refractivity contribution in [2.75, 3.05) is 52.9 Å². The van der Waals surface area contributed by atoms with Gasteiger partial charge in [-0.15, -0.1) is 0 Å². The number of ether oxygens (including phenoxy) is 5. The molecule has 0 rings (SSSR count). The standard InChI is InChI=1S/C38H74O7/c1-3-5-7-9-11-13-14-15-16-17-18-20-22-24-26-28-38(40)45-36-34-43-32-30-41-29-31-42-33-35-44-37(39)27-25-23-21-19-12-10-8-6-4-2/h3-36H2,1-2H3. The second kappa shape index (κ2) is 39.0. The predicted octanol–water partition coefficient (Wildman–Crippen LogP) is 10.3. The summed E-state index contributed by atoms with van der Waals surface area (Å²) < 4.78 is 26.9. The molecule has 0 heterocycles. The fraction of sp³-hybridized carbons (Fsp3) is 0.947. The van der Waals surface area contributed by atoms with Crippen LogP contribution in [0.2, 0.25) is 0 Å². The summed E-state index contributed by atoms with van der Waals surface area (Å²) in [6.07, 6.45) is 31.9. The molecule has 0 amide bonds. The number of hydrogen-bond acceptors (Lipinski definition) is 7. The van der Waals surface area contributed by atoms with E-state index < -0.39 is 0 Å². The summed E-state index contributed by atoms with van der Waals surface area (Å²) in [5.41, 5.74) is 0. The maximum absolute atomic E-state index is 11.9. The van der Waals surface area contributed by atoms with Gasteiger partial charge in [0, 0.05) is 12.8 Å². The first-order valence-corrected chi connectivity index (χ1v) is 19.2. The minimum atomic E-state index is -0.134. The summed E-state index contributed by atoms with van der Waals surface area (Å²) >= 11 is 0. The van der Waals surface area contributed by atoms with Crippen molar-refractivity contribution >= 4 is 11.9 Å². The molecule has 0 N–H and O–H groups in total. The van der Waals surface area contributed by atoms with Gasteiger partial charge < -0.3 is 23.7 Å². The van der Waals surface area contributed by atoms with Crippen molar-refractivity contribution in [2.24, 2.45) is 0 Å². The molecule has 0 aromatic rings. The molecule has 0 unspecified atom stereocenters. The lowest BCUT2D eigenvalue weighted by Crippen LogP contribution is -2.15. The van der Waals surface area contributed by atoms with E-state index >= 15 is 0 Å². The Balaban J connectivity index is 3.21. The zero-order valence-electron chi connectivity index (χ0n) is 29.9. The Morgan fingerprint density at radius 1 is 0.311 bits per heavy atom. The molecule has 7 nitrogen and oxygen atoms in total. The summed E-state index contributed by atoms with van der Waals surface area (Å²) in [6, 6.07) is 0. The van der Waals surface area contributed by atoms with E-state index in [1.165, 1.54) is 128 Å². The Morgan fingerprint density at radius 3 is 0.800 bits per heavy atom. The highest BCUT2D eigenvalue weighted by atomic mass is 16.6. The SMILES string of the molecule is CCCCCCCCCCCCCCCCCC(=O)OCCOCCOCCOCCOC(=O)CCCCCCCCCCC. The molecule has 0 fully saturated rings. The van der Waals surface area contributed by atoms with Crippen molar-refractivity contribution < 1.29 is 33.3 Å². The van der Waals surface area contributed by atoms with Crippen LogP contribution in [0, 0.1) is 0 Å². The van der Waals surface area contributed by atoms with Crippen LogP contribution in [0.4, 0.5) is 0 Å². The Bertz CT molecular complexity index is 599. The molecule has 0 saturated carbocycles. The summed E-state index contributed by atoms with van der Waals surface area (Å²) in [4.78, 5) is 23.6. The minimum Gasteiger partial charge on any atom is -0.463 e. The van der Waals surface area contributed by atoms with Crippen molar-refractivity contribution in [2.45, 2.75) is 181 Å². The molecular formula is C38H74O7. The van der Waals surface area contributed by atoms with Crippen LogP contribution in [0.25, 0.3) is 0 Å². The highest BCUT2D eigenvalue weighted by Gasteiger charge is 2.04. The molecule has 0 spiro atoms. The van der Waals surface area contributed by atoms with Crippen LogP contribution < -0.4 is 0 Å². The zero-order valence-corrected chi connectivity index (χ0v) is 29.9. The third-order valence-electron chi connectivity index (χ3n) is 8.19. The van der Waals surface area contributed by atoms with Gasteiger partial charge in [0.1, 0.15) is 13.2 Å². The zero-order chi connectivity index (χ0) is 32.7. The molecule has 0 bridgehead atoms. The van der Waals surface area contributed by atoms with Crippen LogP contribution in [0.5, 0.6) is 0 Å². The topological polar surface area (TPSA) is 80.3 Å². The monoisotopic (exact) mass is 643 g/mol. The number of esters is 2. The van der Waals surface area contributed by atoms with Crippen molar-refractivity contribution in [3.63, 3.8) is 0 Å². The van der Waals surface area contributed by atoms with Gasteiger partial charge in [-0.05, 0) is 12.8 Å². The molecule has 7 heteroatoms. The number of carbonyl (C=O) groups is 2. The van der Waals surface area contributed by atoms with Gasteiger partial charge in [0.25, 0.3) is 0 Å². The van der Waals surface area contributed by atoms with Gasteiger partial charge >= 0.3 is 11.9 Å². The smallest absolute Gasteiger partial charge is 0.305 e. The fourth-order valence-electron chi connectivity index (χ4n) is 5.34. The highest BCUT2D eigenvalue weighted by Crippen LogP contribution is 2.14. The lowest BCUT2D eigenvalue weighted by atomic mass is 10.0. The number of carbonyl (C=O) groups excluding carboxylic acids is 2. The number of rotatable bonds is 38. The van der Waals surface area contributed by atoms with Crippen LogP contribution in [-0.2, 0) is 33.3 Å². The molecule has 0 aromatic heterocycles. The van der Waals surface area contributed by atoms with Gasteiger partial charge in [-0.2, -0.15) is 0 Å². The summed E-state index contributed by atoms with van der Waals surface area (Å²) in [7, 11) is 0. The van der Waals surface area contributed by atoms with Crippen molar-refractivity contribution in [1.82, 2.24) is 0 Å². The van der Waals surface area contributed by atoms with Gasteiger partial charge in [-0.1, -0.05) is 155 Å². The first-order valence-electron chi connectivity index (χ1n) is 19.2. The third-order valence-corrected chi connectivity index (χ3v) is 8.19. The van der Waals surface area contributed by atoms with Crippen LogP contribution in [-0.4, -0.2) is 64.8 Å². The van der Waals surface area contributed by atoms with Crippen molar-refractivity contribution in [1.29, 1.82) is 0 Å². The van der Waals surface area contributed by atoms with Crippen LogP contribution in [0.15, 0.2) is 0 Å². The molecule has 0 aliphatic rings. The third kappa shape index (κ3) is 38.9. The molecule has 45 heavy (non-hydrogen) atoms. The van der Waals surface area contributed by atoms with Crippen LogP contribution in [0.1, 0.15) is 181 Å². The number of unbranched alkanes of at least 4 members (excludes halogenated alkanes) is 22.